The summed E-state index contributed by atoms with van der Waals surface area (Å²) in [6.45, 7) is 1.43. The Hall–Kier alpha value is -2.60. The second-order valence-corrected chi connectivity index (χ2v) is 5.64. The van der Waals surface area contributed by atoms with Crippen LogP contribution in [-0.2, 0) is 11.2 Å². The van der Waals surface area contributed by atoms with Gasteiger partial charge < -0.3 is 14.8 Å². The van der Waals surface area contributed by atoms with Crippen molar-refractivity contribution in [1.29, 1.82) is 0 Å². The van der Waals surface area contributed by atoms with Crippen molar-refractivity contribution in [3.63, 3.8) is 0 Å². The van der Waals surface area contributed by atoms with Crippen molar-refractivity contribution in [3.05, 3.63) is 52.3 Å². The maximum Gasteiger partial charge on any atom is 0.231 e. The largest absolute Gasteiger partial charge is 0.454 e. The molecule has 1 amide bonds. The van der Waals surface area contributed by atoms with E-state index in [2.05, 4.69) is 5.32 Å². The van der Waals surface area contributed by atoms with E-state index in [1.807, 2.05) is 0 Å². The highest BCUT2D eigenvalue weighted by Crippen LogP contribution is 2.37. The van der Waals surface area contributed by atoms with Gasteiger partial charge >= 0.3 is 0 Å². The zero-order chi connectivity index (χ0) is 17.3. The Morgan fingerprint density at radius 3 is 2.62 bits per heavy atom. The normalized spacial score (nSPS) is 12.1. The Balaban J connectivity index is 1.85. The number of rotatable bonds is 4. The van der Waals surface area contributed by atoms with Crippen LogP contribution in [0.4, 0.5) is 10.1 Å². The van der Waals surface area contributed by atoms with Gasteiger partial charge in [0.25, 0.3) is 0 Å². The summed E-state index contributed by atoms with van der Waals surface area (Å²) < 4.78 is 24.3. The molecule has 0 saturated heterocycles. The fourth-order valence-electron chi connectivity index (χ4n) is 2.39. The molecule has 5 nitrogen and oxygen atoms in total. The number of halogens is 2. The quantitative estimate of drug-likeness (QED) is 0.857. The Morgan fingerprint density at radius 2 is 1.96 bits per heavy atom. The third-order valence-electron chi connectivity index (χ3n) is 3.57. The summed E-state index contributed by atoms with van der Waals surface area (Å²) in [5, 5.41) is 2.77. The number of ketones is 1. The highest BCUT2D eigenvalue weighted by molar-refractivity contribution is 6.31. The van der Waals surface area contributed by atoms with E-state index in [-0.39, 0.29) is 40.8 Å². The summed E-state index contributed by atoms with van der Waals surface area (Å²) in [7, 11) is 0. The Kier molecular flexibility index (Phi) is 4.40. The van der Waals surface area contributed by atoms with Gasteiger partial charge in [-0.3, -0.25) is 9.59 Å². The molecule has 0 spiro atoms. The standard InChI is InChI=1S/C17H13ClFNO4/c1-9(21)10-5-15-16(24-8-23-15)7-14(10)20-17(22)6-11-12(18)3-2-4-13(11)19/h2-5,7H,6,8H2,1H3,(H,20,22). The van der Waals surface area contributed by atoms with Gasteiger partial charge in [0, 0.05) is 22.2 Å². The summed E-state index contributed by atoms with van der Waals surface area (Å²) in [6, 6.07) is 7.23. The Morgan fingerprint density at radius 1 is 1.25 bits per heavy atom. The molecule has 0 aromatic heterocycles. The molecule has 3 rings (SSSR count). The molecule has 7 heteroatoms. The van der Waals surface area contributed by atoms with Gasteiger partial charge in [-0.15, -0.1) is 0 Å². The molecule has 24 heavy (non-hydrogen) atoms. The molecule has 0 radical (unpaired) electrons. The summed E-state index contributed by atoms with van der Waals surface area (Å²) in [5.74, 6) is -0.430. The van der Waals surface area contributed by atoms with Crippen LogP contribution in [0.1, 0.15) is 22.8 Å². The van der Waals surface area contributed by atoms with E-state index < -0.39 is 11.7 Å². The van der Waals surface area contributed by atoms with Crippen LogP contribution in [0, 0.1) is 5.82 Å². The van der Waals surface area contributed by atoms with E-state index in [4.69, 9.17) is 21.1 Å². The summed E-state index contributed by atoms with van der Waals surface area (Å²) in [5.41, 5.74) is 0.665. The van der Waals surface area contributed by atoms with Crippen molar-refractivity contribution in [2.24, 2.45) is 0 Å². The number of Topliss-reactive ketones (excluding diaryl/α,β-unsaturated/α-hetero) is 1. The lowest BCUT2D eigenvalue weighted by Gasteiger charge is -2.11. The molecule has 2 aromatic rings. The van der Waals surface area contributed by atoms with Gasteiger partial charge in [-0.05, 0) is 25.1 Å². The van der Waals surface area contributed by atoms with E-state index in [0.717, 1.165) is 0 Å². The lowest BCUT2D eigenvalue weighted by molar-refractivity contribution is -0.115. The number of nitrogens with one attached hydrogen (secondary N) is 1. The zero-order valence-electron chi connectivity index (χ0n) is 12.7. The molecule has 2 aromatic carbocycles. The third kappa shape index (κ3) is 3.19. The van der Waals surface area contributed by atoms with Gasteiger partial charge in [0.2, 0.25) is 12.7 Å². The van der Waals surface area contributed by atoms with E-state index >= 15 is 0 Å². The first kappa shape index (κ1) is 16.3. The molecule has 1 aliphatic heterocycles. The number of carbonyl (C=O) groups is 2. The molecule has 0 unspecified atom stereocenters. The van der Waals surface area contributed by atoms with E-state index in [1.165, 1.54) is 37.3 Å². The fraction of sp³-hybridized carbons (Fsp3) is 0.176. The average molecular weight is 350 g/mol. The van der Waals surface area contributed by atoms with Gasteiger partial charge in [0.05, 0.1) is 12.1 Å². The monoisotopic (exact) mass is 349 g/mol. The molecule has 0 bridgehead atoms. The van der Waals surface area contributed by atoms with Gasteiger partial charge in [0.15, 0.2) is 17.3 Å². The molecule has 1 aliphatic rings. The smallest absolute Gasteiger partial charge is 0.231 e. The number of benzene rings is 2. The van der Waals surface area contributed by atoms with Crippen LogP contribution in [0.2, 0.25) is 5.02 Å². The predicted octanol–water partition coefficient (Wildman–Crippen LogP) is 3.59. The maximum atomic E-state index is 13.8. The topological polar surface area (TPSA) is 64.6 Å². The highest BCUT2D eigenvalue weighted by atomic mass is 35.5. The van der Waals surface area contributed by atoms with E-state index in [0.29, 0.717) is 11.5 Å². The van der Waals surface area contributed by atoms with Gasteiger partial charge in [0.1, 0.15) is 5.82 Å². The van der Waals surface area contributed by atoms with Crippen LogP contribution in [0.15, 0.2) is 30.3 Å². The lowest BCUT2D eigenvalue weighted by Crippen LogP contribution is -2.17. The second kappa shape index (κ2) is 6.49. The number of anilines is 1. The third-order valence-corrected chi connectivity index (χ3v) is 3.92. The molecule has 0 saturated carbocycles. The van der Waals surface area contributed by atoms with Crippen LogP contribution < -0.4 is 14.8 Å². The molecule has 1 N–H and O–H groups in total. The van der Waals surface area contributed by atoms with Crippen LogP contribution in [0.25, 0.3) is 0 Å². The molecule has 124 valence electrons. The van der Waals surface area contributed by atoms with Crippen molar-refractivity contribution in [1.82, 2.24) is 0 Å². The van der Waals surface area contributed by atoms with Crippen molar-refractivity contribution < 1.29 is 23.5 Å². The summed E-state index contributed by atoms with van der Waals surface area (Å²) in [6.07, 6.45) is -0.253. The molecular formula is C17H13ClFNO4. The van der Waals surface area contributed by atoms with Gasteiger partial charge in [-0.25, -0.2) is 4.39 Å². The maximum absolute atomic E-state index is 13.8. The number of ether oxygens (including phenoxy) is 2. The van der Waals surface area contributed by atoms with Crippen molar-refractivity contribution >= 4 is 29.0 Å². The number of carbonyl (C=O) groups excluding carboxylic acids is 2. The van der Waals surface area contributed by atoms with Crippen LogP contribution in [-0.4, -0.2) is 18.5 Å². The van der Waals surface area contributed by atoms with Crippen molar-refractivity contribution in [2.45, 2.75) is 13.3 Å². The number of hydrogen-bond acceptors (Lipinski definition) is 4. The number of amides is 1. The van der Waals surface area contributed by atoms with Gasteiger partial charge in [-0.1, -0.05) is 17.7 Å². The van der Waals surface area contributed by atoms with E-state index in [1.54, 1.807) is 0 Å². The Labute approximate surface area is 142 Å². The minimum Gasteiger partial charge on any atom is -0.454 e. The molecule has 0 fully saturated rings. The van der Waals surface area contributed by atoms with E-state index in [9.17, 15) is 14.0 Å². The lowest BCUT2D eigenvalue weighted by atomic mass is 10.1. The first-order chi connectivity index (χ1) is 11.5. The molecule has 1 heterocycles. The average Bonchev–Trinajstić information content (AvgIpc) is 2.97. The van der Waals surface area contributed by atoms with Gasteiger partial charge in [-0.2, -0.15) is 0 Å². The number of hydrogen-bond donors (Lipinski definition) is 1. The van der Waals surface area contributed by atoms with Crippen LogP contribution in [0.5, 0.6) is 11.5 Å². The summed E-state index contributed by atoms with van der Waals surface area (Å²) >= 11 is 5.92. The fourth-order valence-corrected chi connectivity index (χ4v) is 2.62. The SMILES string of the molecule is CC(=O)c1cc2c(cc1NC(=O)Cc1c(F)cccc1Cl)OCO2. The molecule has 0 aliphatic carbocycles. The first-order valence-corrected chi connectivity index (χ1v) is 7.51. The van der Waals surface area contributed by atoms with Crippen molar-refractivity contribution in [2.75, 3.05) is 12.1 Å². The molecule has 0 atom stereocenters. The molecular weight excluding hydrogens is 337 g/mol. The first-order valence-electron chi connectivity index (χ1n) is 7.13. The van der Waals surface area contributed by atoms with Crippen LogP contribution >= 0.6 is 11.6 Å². The minimum absolute atomic E-state index is 0.0505. The zero-order valence-corrected chi connectivity index (χ0v) is 13.4. The van der Waals surface area contributed by atoms with Crippen LogP contribution in [0.3, 0.4) is 0 Å². The second-order valence-electron chi connectivity index (χ2n) is 5.23. The Bertz CT molecular complexity index is 817. The van der Waals surface area contributed by atoms with Crippen molar-refractivity contribution in [3.8, 4) is 11.5 Å². The number of fused-ring (bicyclic) bond motifs is 1. The minimum atomic E-state index is -0.560. The predicted molar refractivity (Wildman–Crippen MR) is 86.3 cm³/mol. The highest BCUT2D eigenvalue weighted by Gasteiger charge is 2.21. The summed E-state index contributed by atoms with van der Waals surface area (Å²) in [4.78, 5) is 24.0.